The van der Waals surface area contributed by atoms with Crippen LogP contribution in [0.2, 0.25) is 0 Å². The van der Waals surface area contributed by atoms with Crippen LogP contribution in [0.5, 0.6) is 0 Å². The highest BCUT2D eigenvalue weighted by atomic mass is 32.2. The number of hydrogen-bond donors (Lipinski definition) is 0. The molecule has 1 aliphatic heterocycles. The van der Waals surface area contributed by atoms with Gasteiger partial charge >= 0.3 is 0 Å². The molecule has 1 heterocycles. The molecule has 1 atom stereocenters. The van der Waals surface area contributed by atoms with Gasteiger partial charge in [-0.15, -0.1) is 11.8 Å². The molecule has 1 nitrogen and oxygen atoms in total. The lowest BCUT2D eigenvalue weighted by Crippen LogP contribution is -2.15. The van der Waals surface area contributed by atoms with Crippen molar-refractivity contribution in [3.63, 3.8) is 0 Å². The van der Waals surface area contributed by atoms with Gasteiger partial charge in [0.1, 0.15) is 0 Å². The van der Waals surface area contributed by atoms with Crippen LogP contribution in [0, 0.1) is 5.41 Å². The number of ether oxygens (including phenoxy) is 1. The molecule has 0 saturated heterocycles. The summed E-state index contributed by atoms with van der Waals surface area (Å²) in [5, 5.41) is 0.618. The van der Waals surface area contributed by atoms with Crippen molar-refractivity contribution in [3.8, 4) is 0 Å². The Morgan fingerprint density at radius 3 is 2.76 bits per heavy atom. The first kappa shape index (κ1) is 13.0. The summed E-state index contributed by atoms with van der Waals surface area (Å²) in [6, 6.07) is 8.70. The van der Waals surface area contributed by atoms with Crippen LogP contribution in [0.1, 0.15) is 32.8 Å². The van der Waals surface area contributed by atoms with Gasteiger partial charge in [0.15, 0.2) is 0 Å². The molecule has 2 heteroatoms. The van der Waals surface area contributed by atoms with Gasteiger partial charge in [-0.1, -0.05) is 39.0 Å². The van der Waals surface area contributed by atoms with Crippen LogP contribution in [-0.2, 0) is 11.2 Å². The van der Waals surface area contributed by atoms with E-state index in [1.807, 2.05) is 11.8 Å². The minimum atomic E-state index is 0.381. The molecule has 0 fully saturated rings. The number of hydrogen-bond acceptors (Lipinski definition) is 2. The Labute approximate surface area is 109 Å². The second-order valence-electron chi connectivity index (χ2n) is 5.94. The predicted molar refractivity (Wildman–Crippen MR) is 74.7 cm³/mol. The first-order chi connectivity index (χ1) is 8.04. The summed E-state index contributed by atoms with van der Waals surface area (Å²) in [5.74, 6) is 0. The lowest BCUT2D eigenvalue weighted by molar-refractivity contribution is 0.110. The topological polar surface area (TPSA) is 9.23 Å². The van der Waals surface area contributed by atoms with E-state index in [-0.39, 0.29) is 0 Å². The summed E-state index contributed by atoms with van der Waals surface area (Å²) in [7, 11) is 0. The smallest absolute Gasteiger partial charge is 0.0591 e. The summed E-state index contributed by atoms with van der Waals surface area (Å²) < 4.78 is 5.80. The van der Waals surface area contributed by atoms with Crippen LogP contribution < -0.4 is 0 Å². The molecule has 0 aromatic heterocycles. The lowest BCUT2D eigenvalue weighted by Gasteiger charge is -2.18. The molecule has 1 aliphatic rings. The van der Waals surface area contributed by atoms with Gasteiger partial charge in [-0.25, -0.2) is 0 Å². The van der Waals surface area contributed by atoms with Gasteiger partial charge in [0, 0.05) is 16.8 Å². The minimum absolute atomic E-state index is 0.381. The molecule has 0 radical (unpaired) electrons. The molecular formula is C15H22OS. The van der Waals surface area contributed by atoms with E-state index in [1.165, 1.54) is 10.5 Å². The number of benzene rings is 1. The summed E-state index contributed by atoms with van der Waals surface area (Å²) in [4.78, 5) is 1.44. The zero-order valence-electron chi connectivity index (χ0n) is 11.0. The van der Waals surface area contributed by atoms with Gasteiger partial charge in [-0.3, -0.25) is 0 Å². The van der Waals surface area contributed by atoms with Gasteiger partial charge in [0.2, 0.25) is 0 Å². The summed E-state index contributed by atoms with van der Waals surface area (Å²) in [6.07, 6.45) is 2.30. The van der Waals surface area contributed by atoms with Crippen molar-refractivity contribution in [1.82, 2.24) is 0 Å². The fourth-order valence-corrected chi connectivity index (χ4v) is 3.19. The van der Waals surface area contributed by atoms with Crippen LogP contribution in [0.15, 0.2) is 29.2 Å². The first-order valence-corrected chi connectivity index (χ1v) is 7.25. The maximum absolute atomic E-state index is 5.80. The van der Waals surface area contributed by atoms with E-state index in [1.54, 1.807) is 0 Å². The summed E-state index contributed by atoms with van der Waals surface area (Å²) in [6.45, 7) is 8.55. The Kier molecular flexibility index (Phi) is 4.16. The number of rotatable bonds is 4. The van der Waals surface area contributed by atoms with Crippen LogP contribution in [0.3, 0.4) is 0 Å². The highest BCUT2D eigenvalue weighted by molar-refractivity contribution is 8.00. The Bertz CT molecular complexity index is 342. The molecule has 2 rings (SSSR count). The van der Waals surface area contributed by atoms with Crippen LogP contribution in [-0.4, -0.2) is 18.5 Å². The molecule has 0 spiro atoms. The zero-order valence-corrected chi connectivity index (χ0v) is 11.8. The minimum Gasteiger partial charge on any atom is -0.380 e. The van der Waals surface area contributed by atoms with Gasteiger partial charge in [0.25, 0.3) is 0 Å². The van der Waals surface area contributed by atoms with E-state index < -0.39 is 0 Å². The fraction of sp³-hybridized carbons (Fsp3) is 0.600. The second-order valence-corrected chi connectivity index (χ2v) is 7.28. The maximum Gasteiger partial charge on any atom is 0.0591 e. The van der Waals surface area contributed by atoms with Gasteiger partial charge < -0.3 is 4.74 Å². The van der Waals surface area contributed by atoms with E-state index in [0.29, 0.717) is 10.7 Å². The Hall–Kier alpha value is -0.470. The third-order valence-electron chi connectivity index (χ3n) is 3.01. The molecular weight excluding hydrogens is 228 g/mol. The Morgan fingerprint density at radius 2 is 2.06 bits per heavy atom. The molecule has 0 N–H and O–H groups in total. The summed E-state index contributed by atoms with van der Waals surface area (Å²) in [5.41, 5.74) is 1.87. The highest BCUT2D eigenvalue weighted by Gasteiger charge is 2.21. The van der Waals surface area contributed by atoms with Crippen molar-refractivity contribution in [2.45, 2.75) is 43.8 Å². The van der Waals surface area contributed by atoms with Crippen molar-refractivity contribution in [2.24, 2.45) is 5.41 Å². The highest BCUT2D eigenvalue weighted by Crippen LogP contribution is 2.36. The average Bonchev–Trinajstić information content (AvgIpc) is 2.65. The van der Waals surface area contributed by atoms with E-state index in [0.717, 1.165) is 26.1 Å². The van der Waals surface area contributed by atoms with Crippen molar-refractivity contribution < 1.29 is 4.74 Å². The normalized spacial score (nSPS) is 19.4. The average molecular weight is 250 g/mol. The van der Waals surface area contributed by atoms with Crippen molar-refractivity contribution in [1.29, 1.82) is 0 Å². The molecule has 17 heavy (non-hydrogen) atoms. The van der Waals surface area contributed by atoms with E-state index >= 15 is 0 Å². The molecule has 0 amide bonds. The molecule has 1 aromatic carbocycles. The molecule has 0 saturated carbocycles. The SMILES string of the molecule is CC(C)(C)CCOCC1Cc2ccccc2S1. The van der Waals surface area contributed by atoms with E-state index in [4.69, 9.17) is 4.74 Å². The third kappa shape index (κ3) is 4.04. The van der Waals surface area contributed by atoms with Gasteiger partial charge in [-0.05, 0) is 29.9 Å². The van der Waals surface area contributed by atoms with Crippen LogP contribution in [0.25, 0.3) is 0 Å². The fourth-order valence-electron chi connectivity index (χ4n) is 1.94. The quantitative estimate of drug-likeness (QED) is 0.742. The van der Waals surface area contributed by atoms with Crippen molar-refractivity contribution in [2.75, 3.05) is 13.2 Å². The molecule has 1 unspecified atom stereocenters. The van der Waals surface area contributed by atoms with Gasteiger partial charge in [-0.2, -0.15) is 0 Å². The molecule has 1 aromatic rings. The molecule has 0 aliphatic carbocycles. The molecule has 94 valence electrons. The zero-order chi connectivity index (χ0) is 12.3. The summed E-state index contributed by atoms with van der Waals surface area (Å²) >= 11 is 1.97. The standard InChI is InChI=1S/C15H22OS/c1-15(2,3)8-9-16-11-13-10-12-6-4-5-7-14(12)17-13/h4-7,13H,8-11H2,1-3H3. The third-order valence-corrected chi connectivity index (χ3v) is 4.30. The maximum atomic E-state index is 5.80. The van der Waals surface area contributed by atoms with Crippen LogP contribution in [0.4, 0.5) is 0 Å². The largest absolute Gasteiger partial charge is 0.380 e. The lowest BCUT2D eigenvalue weighted by atomic mass is 9.93. The number of thioether (sulfide) groups is 1. The monoisotopic (exact) mass is 250 g/mol. The number of fused-ring (bicyclic) bond motifs is 1. The van der Waals surface area contributed by atoms with Crippen molar-refractivity contribution in [3.05, 3.63) is 29.8 Å². The van der Waals surface area contributed by atoms with Gasteiger partial charge in [0.05, 0.1) is 6.61 Å². The predicted octanol–water partition coefficient (Wildman–Crippen LogP) is 4.16. The second kappa shape index (κ2) is 5.45. The van der Waals surface area contributed by atoms with E-state index in [9.17, 15) is 0 Å². The Balaban J connectivity index is 1.70. The molecule has 0 bridgehead atoms. The van der Waals surface area contributed by atoms with Crippen LogP contribution >= 0.6 is 11.8 Å². The van der Waals surface area contributed by atoms with Crippen molar-refractivity contribution >= 4 is 11.8 Å². The first-order valence-electron chi connectivity index (χ1n) is 6.37. The Morgan fingerprint density at radius 1 is 1.29 bits per heavy atom. The van der Waals surface area contributed by atoms with E-state index in [2.05, 4.69) is 45.0 Å².